The van der Waals surface area contributed by atoms with E-state index in [0.29, 0.717) is 30.2 Å². The first-order valence-electron chi connectivity index (χ1n) is 10.3. The average molecular weight is 421 g/mol. The zero-order chi connectivity index (χ0) is 22.3. The number of hydrogen-bond donors (Lipinski definition) is 1. The molecule has 1 aliphatic heterocycles. The minimum atomic E-state index is -0.721. The quantitative estimate of drug-likeness (QED) is 0.649. The largest absolute Gasteiger partial charge is 0.493 e. The van der Waals surface area contributed by atoms with Crippen LogP contribution in [-0.2, 0) is 14.3 Å². The average Bonchev–Trinajstić information content (AvgIpc) is 2.76. The number of piperidine rings is 1. The summed E-state index contributed by atoms with van der Waals surface area (Å²) in [6.45, 7) is 6.72. The molecule has 1 saturated heterocycles. The van der Waals surface area contributed by atoms with Crippen molar-refractivity contribution in [2.75, 3.05) is 27.3 Å². The summed E-state index contributed by atoms with van der Waals surface area (Å²) in [4.78, 5) is 38.0. The van der Waals surface area contributed by atoms with E-state index in [9.17, 15) is 14.4 Å². The molecule has 1 fully saturated rings. The maximum Gasteiger partial charge on any atom is 0.328 e. The van der Waals surface area contributed by atoms with Crippen LogP contribution in [0.25, 0.3) is 0 Å². The van der Waals surface area contributed by atoms with Gasteiger partial charge in [0.1, 0.15) is 12.1 Å². The highest BCUT2D eigenvalue weighted by Gasteiger charge is 2.28. The Balaban J connectivity index is 2.08. The molecular formula is C22H32N2O6. The normalized spacial score (nSPS) is 16.4. The lowest BCUT2D eigenvalue weighted by Crippen LogP contribution is -2.45. The van der Waals surface area contributed by atoms with Gasteiger partial charge in [0, 0.05) is 38.4 Å². The standard InChI is InChI=1S/C22H32N2O6/c1-6-14(2)20(22(27)29-5)23-21(26)16-7-8-18(19(13-16)28-4)30-17-9-11-24(12-10-17)15(3)25/h7-8,13-14,17,20H,6,9-12H2,1-5H3,(H,23,26)/t14-,20-/m0/s1. The highest BCUT2D eigenvalue weighted by Crippen LogP contribution is 2.31. The monoisotopic (exact) mass is 420 g/mol. The summed E-state index contributed by atoms with van der Waals surface area (Å²) in [5.41, 5.74) is 0.364. The van der Waals surface area contributed by atoms with Crippen LogP contribution in [-0.4, -0.2) is 62.1 Å². The van der Waals surface area contributed by atoms with E-state index in [4.69, 9.17) is 14.2 Å². The lowest BCUT2D eigenvalue weighted by atomic mass is 9.99. The molecule has 30 heavy (non-hydrogen) atoms. The summed E-state index contributed by atoms with van der Waals surface area (Å²) < 4.78 is 16.3. The Morgan fingerprint density at radius 1 is 1.17 bits per heavy atom. The van der Waals surface area contributed by atoms with E-state index in [1.807, 2.05) is 13.8 Å². The zero-order valence-electron chi connectivity index (χ0n) is 18.4. The Hall–Kier alpha value is -2.77. The van der Waals surface area contributed by atoms with Crippen molar-refractivity contribution >= 4 is 17.8 Å². The molecule has 2 rings (SSSR count). The molecular weight excluding hydrogens is 388 g/mol. The van der Waals surface area contributed by atoms with E-state index in [2.05, 4.69) is 5.32 Å². The van der Waals surface area contributed by atoms with Gasteiger partial charge in [0.15, 0.2) is 11.5 Å². The van der Waals surface area contributed by atoms with Gasteiger partial charge in [-0.2, -0.15) is 0 Å². The number of carbonyl (C=O) groups is 3. The molecule has 1 N–H and O–H groups in total. The van der Waals surface area contributed by atoms with Gasteiger partial charge in [-0.15, -0.1) is 0 Å². The summed E-state index contributed by atoms with van der Waals surface area (Å²) >= 11 is 0. The molecule has 166 valence electrons. The third-order valence-corrected chi connectivity index (χ3v) is 5.56. The predicted octanol–water partition coefficient (Wildman–Crippen LogP) is 2.40. The molecule has 0 aromatic heterocycles. The fourth-order valence-electron chi connectivity index (χ4n) is 3.40. The van der Waals surface area contributed by atoms with Gasteiger partial charge in [-0.25, -0.2) is 4.79 Å². The number of rotatable bonds is 8. The number of amides is 2. The van der Waals surface area contributed by atoms with E-state index in [1.54, 1.807) is 30.0 Å². The number of likely N-dealkylation sites (tertiary alicyclic amines) is 1. The third-order valence-electron chi connectivity index (χ3n) is 5.56. The van der Waals surface area contributed by atoms with Gasteiger partial charge in [0.2, 0.25) is 5.91 Å². The van der Waals surface area contributed by atoms with E-state index in [-0.39, 0.29) is 23.8 Å². The Bertz CT molecular complexity index is 758. The highest BCUT2D eigenvalue weighted by molar-refractivity contribution is 5.97. The van der Waals surface area contributed by atoms with Gasteiger partial charge in [0.05, 0.1) is 14.2 Å². The van der Waals surface area contributed by atoms with E-state index in [1.165, 1.54) is 14.2 Å². The van der Waals surface area contributed by atoms with Gasteiger partial charge in [-0.05, 0) is 24.1 Å². The van der Waals surface area contributed by atoms with Crippen molar-refractivity contribution in [1.82, 2.24) is 10.2 Å². The van der Waals surface area contributed by atoms with Crippen LogP contribution in [0.5, 0.6) is 11.5 Å². The van der Waals surface area contributed by atoms with E-state index < -0.39 is 12.0 Å². The summed E-state index contributed by atoms with van der Waals surface area (Å²) in [6, 6.07) is 4.21. The number of esters is 1. The molecule has 1 heterocycles. The van der Waals surface area contributed by atoms with Crippen molar-refractivity contribution in [1.29, 1.82) is 0 Å². The van der Waals surface area contributed by atoms with Crippen LogP contribution in [0.4, 0.5) is 0 Å². The van der Waals surface area contributed by atoms with Gasteiger partial charge >= 0.3 is 5.97 Å². The van der Waals surface area contributed by atoms with Gasteiger partial charge in [-0.3, -0.25) is 9.59 Å². The number of ether oxygens (including phenoxy) is 3. The first-order valence-corrected chi connectivity index (χ1v) is 10.3. The smallest absolute Gasteiger partial charge is 0.328 e. The minimum absolute atomic E-state index is 0.0247. The molecule has 8 nitrogen and oxygen atoms in total. The van der Waals surface area contributed by atoms with Crippen molar-refractivity contribution in [3.05, 3.63) is 23.8 Å². The molecule has 2 amide bonds. The van der Waals surface area contributed by atoms with Crippen molar-refractivity contribution in [3.63, 3.8) is 0 Å². The summed E-state index contributed by atoms with van der Waals surface area (Å²) in [6.07, 6.45) is 2.17. The Labute approximate surface area is 177 Å². The van der Waals surface area contributed by atoms with Crippen molar-refractivity contribution in [3.8, 4) is 11.5 Å². The molecule has 0 unspecified atom stereocenters. The molecule has 0 spiro atoms. The van der Waals surface area contributed by atoms with Crippen LogP contribution >= 0.6 is 0 Å². The van der Waals surface area contributed by atoms with Crippen LogP contribution in [0.3, 0.4) is 0 Å². The molecule has 8 heteroatoms. The maximum absolute atomic E-state index is 12.7. The number of benzene rings is 1. The van der Waals surface area contributed by atoms with Crippen molar-refractivity contribution in [2.45, 2.75) is 52.2 Å². The van der Waals surface area contributed by atoms with Crippen LogP contribution in [0.15, 0.2) is 18.2 Å². The number of nitrogens with one attached hydrogen (secondary N) is 1. The molecule has 2 atom stereocenters. The molecule has 0 aliphatic carbocycles. The highest BCUT2D eigenvalue weighted by atomic mass is 16.5. The number of hydrogen-bond acceptors (Lipinski definition) is 6. The SMILES string of the molecule is CC[C@H](C)[C@H](NC(=O)c1ccc(OC2CCN(C(C)=O)CC2)c(OC)c1)C(=O)OC. The summed E-state index contributed by atoms with van der Waals surface area (Å²) in [7, 11) is 2.82. The summed E-state index contributed by atoms with van der Waals surface area (Å²) in [5.74, 6) is 0.138. The van der Waals surface area contributed by atoms with E-state index in [0.717, 1.165) is 19.3 Å². The van der Waals surface area contributed by atoms with Gasteiger partial charge in [-0.1, -0.05) is 20.3 Å². The lowest BCUT2D eigenvalue weighted by molar-refractivity contribution is -0.144. The third kappa shape index (κ3) is 5.87. The summed E-state index contributed by atoms with van der Waals surface area (Å²) in [5, 5.41) is 2.75. The molecule has 1 aliphatic rings. The van der Waals surface area contributed by atoms with Gasteiger partial charge in [0.25, 0.3) is 5.91 Å². The molecule has 0 saturated carbocycles. The number of nitrogens with zero attached hydrogens (tertiary/aromatic N) is 1. The van der Waals surface area contributed by atoms with E-state index >= 15 is 0 Å². The predicted molar refractivity (Wildman–Crippen MR) is 112 cm³/mol. The molecule has 1 aromatic rings. The Morgan fingerprint density at radius 2 is 1.83 bits per heavy atom. The van der Waals surface area contributed by atoms with Crippen LogP contribution in [0.2, 0.25) is 0 Å². The molecule has 0 bridgehead atoms. The second-order valence-corrected chi connectivity index (χ2v) is 7.55. The zero-order valence-corrected chi connectivity index (χ0v) is 18.4. The fraction of sp³-hybridized carbons (Fsp3) is 0.591. The van der Waals surface area contributed by atoms with Crippen LogP contribution in [0, 0.1) is 5.92 Å². The Morgan fingerprint density at radius 3 is 2.37 bits per heavy atom. The second kappa shape index (κ2) is 10.8. The first-order chi connectivity index (χ1) is 14.3. The van der Waals surface area contributed by atoms with Crippen molar-refractivity contribution < 1.29 is 28.6 Å². The van der Waals surface area contributed by atoms with Crippen molar-refractivity contribution in [2.24, 2.45) is 5.92 Å². The second-order valence-electron chi connectivity index (χ2n) is 7.55. The molecule has 1 aromatic carbocycles. The fourth-order valence-corrected chi connectivity index (χ4v) is 3.40. The lowest BCUT2D eigenvalue weighted by Gasteiger charge is -2.31. The molecule has 0 radical (unpaired) electrons. The van der Waals surface area contributed by atoms with Crippen LogP contribution in [0.1, 0.15) is 50.4 Å². The first kappa shape index (κ1) is 23.5. The number of carbonyl (C=O) groups excluding carboxylic acids is 3. The van der Waals surface area contributed by atoms with Crippen LogP contribution < -0.4 is 14.8 Å². The Kier molecular flexibility index (Phi) is 8.50. The topological polar surface area (TPSA) is 94.2 Å². The number of methoxy groups -OCH3 is 2. The maximum atomic E-state index is 12.7. The minimum Gasteiger partial charge on any atom is -0.493 e. The van der Waals surface area contributed by atoms with Gasteiger partial charge < -0.3 is 24.4 Å².